The summed E-state index contributed by atoms with van der Waals surface area (Å²) < 4.78 is 43.5. The van der Waals surface area contributed by atoms with Crippen LogP contribution >= 0.6 is 0 Å². The SMILES string of the molecule is CC(C)CCC[C@@H](C)C1CC[C@H]2[C@H]3CC[C@H]4C[C@@H](OC(=O)N[C@H]5C(CO)O[C@@H](OC(=O)[C@]67CCC(C)(C)CC6C6=CCC8C9(C)CC[C@H](O)[C@](C)(C=O)[C@@H]9CCC8(C)[C@]6(C)CC7O)C(O[C@@H]6OC(C)[C@H](O[C@@H]7OC[C@@H](O)C(O)C7O)C(O)C6O)C5O)CCC4(C)C3CCC12C. The lowest BCUT2D eigenvalue weighted by Gasteiger charge is -2.71. The third-order valence-electron chi connectivity index (χ3n) is 30.3. The molecule has 10 N–H and O–H groups in total. The number of alkyl carbamates (subject to hydrolysis) is 1. The topological polar surface area (TPSA) is 310 Å². The summed E-state index contributed by atoms with van der Waals surface area (Å²) in [7, 11) is 0. The Kier molecular flexibility index (Phi) is 20.1. The van der Waals surface area contributed by atoms with Crippen molar-refractivity contribution in [1.82, 2.24) is 5.32 Å². The fourth-order valence-corrected chi connectivity index (χ4v) is 24.5. The van der Waals surface area contributed by atoms with Crippen LogP contribution in [-0.4, -0.2) is 182 Å². The predicted molar refractivity (Wildman–Crippen MR) is 349 cm³/mol. The molecule has 95 heavy (non-hydrogen) atoms. The summed E-state index contributed by atoms with van der Waals surface area (Å²) in [5.41, 5.74) is -2.41. The molecule has 20 heteroatoms. The number of hydrogen-bond acceptors (Lipinski definition) is 19. The van der Waals surface area contributed by atoms with Crippen LogP contribution in [0.15, 0.2) is 11.6 Å². The third-order valence-corrected chi connectivity index (χ3v) is 30.3. The first-order chi connectivity index (χ1) is 44.7. The van der Waals surface area contributed by atoms with Crippen molar-refractivity contribution in [2.24, 2.45) is 102 Å². The van der Waals surface area contributed by atoms with E-state index in [1.165, 1.54) is 58.3 Å². The van der Waals surface area contributed by atoms with Gasteiger partial charge in [0.05, 0.1) is 43.0 Å². The van der Waals surface area contributed by atoms with Gasteiger partial charge in [-0.1, -0.05) is 107 Å². The molecule has 0 aromatic carbocycles. The number of aliphatic hydroxyl groups excluding tert-OH is 9. The minimum Gasteiger partial charge on any atom is -0.446 e. The van der Waals surface area contributed by atoms with E-state index in [1.54, 1.807) is 0 Å². The maximum Gasteiger partial charge on any atom is 0.407 e. The average Bonchev–Trinajstić information content (AvgIpc) is 1.14. The number of carbonyl (C=O) groups excluding carboxylic acids is 3. The number of nitrogens with one attached hydrogen (secondary N) is 1. The van der Waals surface area contributed by atoms with Crippen LogP contribution in [0.4, 0.5) is 4.79 Å². The van der Waals surface area contributed by atoms with Crippen LogP contribution in [0, 0.1) is 102 Å². The Morgan fingerprint density at radius 1 is 0.674 bits per heavy atom. The lowest BCUT2D eigenvalue weighted by atomic mass is 9.33. The molecule has 11 fully saturated rings. The normalized spacial score (nSPS) is 52.7. The van der Waals surface area contributed by atoms with E-state index in [-0.39, 0.29) is 46.3 Å². The summed E-state index contributed by atoms with van der Waals surface area (Å²) in [6, 6.07) is -1.45. The molecule has 0 aromatic rings. The van der Waals surface area contributed by atoms with Crippen molar-refractivity contribution in [3.05, 3.63) is 11.6 Å². The van der Waals surface area contributed by atoms with Crippen LogP contribution in [0.1, 0.15) is 218 Å². The van der Waals surface area contributed by atoms with Gasteiger partial charge in [-0.25, -0.2) is 4.79 Å². The van der Waals surface area contributed by atoms with E-state index in [0.29, 0.717) is 61.7 Å². The van der Waals surface area contributed by atoms with Gasteiger partial charge in [-0.05, 0) is 214 Å². The molecule has 8 saturated carbocycles. The lowest BCUT2D eigenvalue weighted by Crippen LogP contribution is -2.69. The number of rotatable bonds is 15. The van der Waals surface area contributed by atoms with Gasteiger partial charge >= 0.3 is 12.1 Å². The third kappa shape index (κ3) is 11.9. The summed E-state index contributed by atoms with van der Waals surface area (Å²) in [5, 5.41) is 106. The van der Waals surface area contributed by atoms with Crippen molar-refractivity contribution in [1.29, 1.82) is 0 Å². The zero-order valence-corrected chi connectivity index (χ0v) is 59.1. The second-order valence-corrected chi connectivity index (χ2v) is 35.9. The van der Waals surface area contributed by atoms with Gasteiger partial charge in [0.1, 0.15) is 66.6 Å². The Labute approximate surface area is 564 Å². The highest BCUT2D eigenvalue weighted by molar-refractivity contribution is 5.80. The molecule has 0 radical (unpaired) electrons. The van der Waals surface area contributed by atoms with Crippen LogP contribution in [0.5, 0.6) is 0 Å². The molecule has 12 rings (SSSR count). The first kappa shape index (κ1) is 72.4. The van der Waals surface area contributed by atoms with Crippen molar-refractivity contribution in [3.8, 4) is 0 Å². The van der Waals surface area contributed by atoms with Gasteiger partial charge < -0.3 is 89.2 Å². The maximum absolute atomic E-state index is 16.0. The molecule has 1 amide bonds. The van der Waals surface area contributed by atoms with Gasteiger partial charge in [0.2, 0.25) is 6.29 Å². The Hall–Kier alpha value is -2.41. The van der Waals surface area contributed by atoms with E-state index in [2.05, 4.69) is 80.6 Å². The number of aldehydes is 1. The van der Waals surface area contributed by atoms with Gasteiger partial charge in [0.25, 0.3) is 0 Å². The highest BCUT2D eigenvalue weighted by Crippen LogP contribution is 2.76. The molecule has 3 aliphatic heterocycles. The maximum atomic E-state index is 16.0. The van der Waals surface area contributed by atoms with Crippen LogP contribution in [-0.2, 0) is 42.7 Å². The van der Waals surface area contributed by atoms with Crippen LogP contribution < -0.4 is 5.32 Å². The number of esters is 1. The second-order valence-electron chi connectivity index (χ2n) is 35.9. The largest absolute Gasteiger partial charge is 0.446 e. The Bertz CT molecular complexity index is 2810. The Balaban J connectivity index is 0.782. The van der Waals surface area contributed by atoms with Crippen LogP contribution in [0.2, 0.25) is 0 Å². The summed E-state index contributed by atoms with van der Waals surface area (Å²) >= 11 is 0. The lowest BCUT2D eigenvalue weighted by molar-refractivity contribution is -0.370. The van der Waals surface area contributed by atoms with Crippen LogP contribution in [0.25, 0.3) is 0 Å². The average molecular weight is 1340 g/mol. The van der Waals surface area contributed by atoms with Crippen molar-refractivity contribution in [2.45, 2.75) is 322 Å². The van der Waals surface area contributed by atoms with Gasteiger partial charge in [0, 0.05) is 0 Å². The van der Waals surface area contributed by atoms with Crippen molar-refractivity contribution in [3.63, 3.8) is 0 Å². The van der Waals surface area contributed by atoms with Crippen molar-refractivity contribution < 1.29 is 93.5 Å². The fraction of sp³-hybridized carbons (Fsp3) is 0.933. The number of hydrogen-bond donors (Lipinski definition) is 10. The summed E-state index contributed by atoms with van der Waals surface area (Å²) in [5.74, 6) is 3.36. The molecule has 0 bridgehead atoms. The highest BCUT2D eigenvalue weighted by atomic mass is 16.8. The number of fused-ring (bicyclic) bond motifs is 12. The van der Waals surface area contributed by atoms with E-state index in [1.807, 2.05) is 6.92 Å². The predicted octanol–water partition coefficient (Wildman–Crippen LogP) is 8.18. The zero-order valence-electron chi connectivity index (χ0n) is 59.1. The molecule has 0 aromatic heterocycles. The highest BCUT2D eigenvalue weighted by Gasteiger charge is 2.73. The molecule has 20 nitrogen and oxygen atoms in total. The van der Waals surface area contributed by atoms with Gasteiger partial charge in [-0.2, -0.15) is 0 Å². The number of ether oxygens (including phenoxy) is 7. The zero-order chi connectivity index (χ0) is 68.7. The number of amides is 1. The molecular weight excluding hydrogens is 1220 g/mol. The minimum absolute atomic E-state index is 0.0452. The van der Waals surface area contributed by atoms with E-state index >= 15 is 4.79 Å². The van der Waals surface area contributed by atoms with Crippen molar-refractivity contribution in [2.75, 3.05) is 13.2 Å². The Morgan fingerprint density at radius 3 is 2.08 bits per heavy atom. The molecule has 9 aliphatic carbocycles. The van der Waals surface area contributed by atoms with E-state index in [4.69, 9.17) is 33.2 Å². The van der Waals surface area contributed by atoms with Gasteiger partial charge in [-0.15, -0.1) is 0 Å². The minimum atomic E-state index is -1.95. The van der Waals surface area contributed by atoms with E-state index in [0.717, 1.165) is 67.6 Å². The quantitative estimate of drug-likeness (QED) is 0.0420. The molecular formula is C75H121NO19. The first-order valence-corrected chi connectivity index (χ1v) is 37.3. The fourth-order valence-electron chi connectivity index (χ4n) is 24.5. The van der Waals surface area contributed by atoms with E-state index in [9.17, 15) is 55.5 Å². The van der Waals surface area contributed by atoms with Gasteiger partial charge in [-0.3, -0.25) is 4.79 Å². The summed E-state index contributed by atoms with van der Waals surface area (Å²) in [6.45, 7) is 25.7. The monoisotopic (exact) mass is 1340 g/mol. The van der Waals surface area contributed by atoms with Crippen molar-refractivity contribution >= 4 is 18.3 Å². The molecule has 12 aliphatic rings. The first-order valence-electron chi connectivity index (χ1n) is 37.3. The molecule has 0 spiro atoms. The number of carbonyl (C=O) groups is 3. The molecule has 33 atom stereocenters. The smallest absolute Gasteiger partial charge is 0.407 e. The molecule has 540 valence electrons. The molecule has 3 heterocycles. The standard InChI is InChI=1S/C75H121NO19/c1-38(2)14-13-15-39(3)44-18-19-45-43-17-16-41-32-42(22-26-69(41,7)46(43)23-27-70(44,45)8)91-67(88)76-55-50(35-77)92-65(62(57(55)83)94-64-60(86)58(84)61(40(4)90-64)93-63-59(85)56(82)49(79)36-89-63)95-66(87)75-31-30-68(5,6)33-48(75)47-20-21-52-71(9)28-25-53(80)72(10,37-78)51(71)24-29-73(52,11)74(47,12)34-54(75)81/h20,37-46,48-65,77,79-86H,13-19,21-36H2,1-12H3,(H,76,88)/t39-,40?,41+,42+,43-,44?,45+,46?,48?,49-,50?,51-,52?,53+,54?,55+,56?,57?,58?,59?,60?,61+,62?,63+,64+,65+,69?,70?,71?,72-,73?,74-,75-/m1/s1. The summed E-state index contributed by atoms with van der Waals surface area (Å²) in [4.78, 5) is 43.4. The number of aliphatic hydroxyl groups is 9. The van der Waals surface area contributed by atoms with Gasteiger partial charge in [0.15, 0.2) is 18.7 Å². The Morgan fingerprint density at radius 2 is 1.37 bits per heavy atom. The number of allylic oxidation sites excluding steroid dienone is 2. The molecule has 17 unspecified atom stereocenters. The second kappa shape index (κ2) is 26.4. The van der Waals surface area contributed by atoms with Crippen LogP contribution in [0.3, 0.4) is 0 Å². The summed E-state index contributed by atoms with van der Waals surface area (Å²) in [6.07, 6.45) is -2.80. The molecule has 3 saturated heterocycles. The van der Waals surface area contributed by atoms with E-state index < -0.39 is 152 Å².